The highest BCUT2D eigenvalue weighted by atomic mass is 35.5. The number of imidazole rings is 1. The lowest BCUT2D eigenvalue weighted by atomic mass is 9.65. The van der Waals surface area contributed by atoms with Crippen LogP contribution in [0.25, 0.3) is 17.2 Å². The van der Waals surface area contributed by atoms with Crippen molar-refractivity contribution in [2.75, 3.05) is 0 Å². The molecule has 36 heavy (non-hydrogen) atoms. The van der Waals surface area contributed by atoms with Crippen molar-refractivity contribution in [2.45, 2.75) is 12.4 Å². The Balaban J connectivity index is 1.83. The highest BCUT2D eigenvalue weighted by molar-refractivity contribution is 6.73. The van der Waals surface area contributed by atoms with E-state index in [2.05, 4.69) is 4.98 Å². The minimum Gasteiger partial charge on any atom is -0.310 e. The van der Waals surface area contributed by atoms with Crippen LogP contribution in [0.15, 0.2) is 79.1 Å². The number of halogens is 8. The Hall–Kier alpha value is -3.53. The first-order valence-electron chi connectivity index (χ1n) is 10.3. The molecule has 11 heteroatoms. The first-order chi connectivity index (χ1) is 16.9. The van der Waals surface area contributed by atoms with Crippen LogP contribution < -0.4 is 5.72 Å². The van der Waals surface area contributed by atoms with Crippen LogP contribution in [-0.4, -0.2) is 16.8 Å². The monoisotopic (exact) mass is 521 g/mol. The molecule has 0 aliphatic carbocycles. The average molecular weight is 522 g/mol. The zero-order chi connectivity index (χ0) is 26.1. The van der Waals surface area contributed by atoms with E-state index in [0.29, 0.717) is 5.69 Å². The summed E-state index contributed by atoms with van der Waals surface area (Å²) in [5.41, 5.74) is -0.893. The molecule has 1 radical (unpaired) electrons. The van der Waals surface area contributed by atoms with Gasteiger partial charge in [0.05, 0.1) is 27.6 Å². The van der Waals surface area contributed by atoms with E-state index in [1.807, 2.05) is 0 Å². The van der Waals surface area contributed by atoms with E-state index in [9.17, 15) is 30.7 Å². The van der Waals surface area contributed by atoms with E-state index in [4.69, 9.17) is 11.6 Å². The van der Waals surface area contributed by atoms with E-state index < -0.39 is 29.3 Å². The molecule has 0 saturated heterocycles. The summed E-state index contributed by atoms with van der Waals surface area (Å²) in [7, 11) is 1.41. The number of aromatic nitrogens is 2. The fraction of sp³-hybridized carbons (Fsp3) is 0.0800. The second-order valence-corrected chi connectivity index (χ2v) is 8.10. The molecule has 0 amide bonds. The Morgan fingerprint density at radius 2 is 1.53 bits per heavy atom. The van der Waals surface area contributed by atoms with Gasteiger partial charge in [-0.1, -0.05) is 47.4 Å². The highest BCUT2D eigenvalue weighted by Gasteiger charge is 2.31. The molecule has 2 nitrogen and oxygen atoms in total. The summed E-state index contributed by atoms with van der Waals surface area (Å²) in [5.74, 6) is -0.566. The molecule has 0 aliphatic heterocycles. The second-order valence-electron chi connectivity index (χ2n) is 7.70. The lowest BCUT2D eigenvalue weighted by Gasteiger charge is -2.14. The van der Waals surface area contributed by atoms with Crippen LogP contribution >= 0.6 is 11.6 Å². The number of alkyl halides is 6. The Labute approximate surface area is 206 Å². The lowest BCUT2D eigenvalue weighted by Crippen LogP contribution is -2.27. The van der Waals surface area contributed by atoms with Gasteiger partial charge in [-0.25, -0.2) is 4.39 Å². The van der Waals surface area contributed by atoms with Crippen LogP contribution in [-0.2, 0) is 12.4 Å². The van der Waals surface area contributed by atoms with E-state index >= 15 is 0 Å². The van der Waals surface area contributed by atoms with Gasteiger partial charge < -0.3 is 4.57 Å². The SMILES string of the molecule is Fc1ccc(-n2ccnc2[B]C(=Cc2cccc(C(F)(F)F)c2)c2cccc(C(F)(F)F)c2)c(Cl)c1. The van der Waals surface area contributed by atoms with Crippen molar-refractivity contribution in [3.05, 3.63) is 112 Å². The number of benzene rings is 3. The Bertz CT molecular complexity index is 1420. The molecular formula is C25H14BClF7N2. The quantitative estimate of drug-likeness (QED) is 0.154. The lowest BCUT2D eigenvalue weighted by molar-refractivity contribution is -0.138. The third kappa shape index (κ3) is 5.82. The van der Waals surface area contributed by atoms with Gasteiger partial charge in [-0.3, -0.25) is 4.98 Å². The molecule has 1 aromatic heterocycles. The molecule has 1 heterocycles. The van der Waals surface area contributed by atoms with E-state index in [-0.39, 0.29) is 27.3 Å². The highest BCUT2D eigenvalue weighted by Crippen LogP contribution is 2.33. The van der Waals surface area contributed by atoms with E-state index in [1.54, 1.807) is 0 Å². The predicted molar refractivity (Wildman–Crippen MR) is 125 cm³/mol. The summed E-state index contributed by atoms with van der Waals surface area (Å²) >= 11 is 6.16. The van der Waals surface area contributed by atoms with Gasteiger partial charge in [0.25, 0.3) is 0 Å². The van der Waals surface area contributed by atoms with Gasteiger partial charge >= 0.3 is 12.4 Å². The fourth-order valence-electron chi connectivity index (χ4n) is 3.51. The van der Waals surface area contributed by atoms with E-state index in [1.165, 1.54) is 66.7 Å². The van der Waals surface area contributed by atoms with Gasteiger partial charge in [0.1, 0.15) is 5.82 Å². The van der Waals surface area contributed by atoms with Crippen LogP contribution in [0.4, 0.5) is 30.7 Å². The topological polar surface area (TPSA) is 17.8 Å². The predicted octanol–water partition coefficient (Wildman–Crippen LogP) is 7.23. The molecule has 0 N–H and O–H groups in total. The summed E-state index contributed by atoms with van der Waals surface area (Å²) in [6.45, 7) is 0. The van der Waals surface area contributed by atoms with Gasteiger partial charge in [0.2, 0.25) is 7.28 Å². The largest absolute Gasteiger partial charge is 0.416 e. The fourth-order valence-corrected chi connectivity index (χ4v) is 3.77. The van der Waals surface area contributed by atoms with Crippen molar-refractivity contribution in [3.63, 3.8) is 0 Å². The van der Waals surface area contributed by atoms with Crippen LogP contribution in [0.3, 0.4) is 0 Å². The molecule has 0 spiro atoms. The summed E-state index contributed by atoms with van der Waals surface area (Å²) < 4.78 is 94.7. The molecule has 0 bridgehead atoms. The maximum atomic E-state index is 13.5. The Kier molecular flexibility index (Phi) is 7.00. The van der Waals surface area contributed by atoms with Crippen molar-refractivity contribution in [1.29, 1.82) is 0 Å². The molecule has 0 saturated carbocycles. The molecule has 0 fully saturated rings. The zero-order valence-electron chi connectivity index (χ0n) is 18.1. The normalized spacial score (nSPS) is 12.6. The summed E-state index contributed by atoms with van der Waals surface area (Å²) in [4.78, 5) is 4.20. The molecular weight excluding hydrogens is 508 g/mol. The number of hydrogen-bond acceptors (Lipinski definition) is 1. The van der Waals surface area contributed by atoms with E-state index in [0.717, 1.165) is 30.3 Å². The van der Waals surface area contributed by atoms with Crippen molar-refractivity contribution < 1.29 is 30.7 Å². The standard InChI is InChI=1S/C25H14BClF7N2/c27-21-14-19(28)7-8-22(21)36-10-9-35-23(36)26-20(16-4-2-6-18(13-16)25(32,33)34)12-15-3-1-5-17(11-15)24(29,30)31/h1-14H. The summed E-state index contributed by atoms with van der Waals surface area (Å²) in [5, 5.41) is 0.0603. The first-order valence-corrected chi connectivity index (χ1v) is 10.7. The molecule has 0 aliphatic rings. The molecule has 4 aromatic rings. The average Bonchev–Trinajstić information content (AvgIpc) is 3.26. The van der Waals surface area contributed by atoms with Crippen LogP contribution in [0.5, 0.6) is 0 Å². The molecule has 183 valence electrons. The first kappa shape index (κ1) is 25.6. The third-order valence-electron chi connectivity index (χ3n) is 5.18. The minimum atomic E-state index is -4.63. The number of rotatable bonds is 5. The van der Waals surface area contributed by atoms with Crippen molar-refractivity contribution in [1.82, 2.24) is 9.55 Å². The number of nitrogens with zero attached hydrogens (tertiary/aromatic N) is 2. The Morgan fingerprint density at radius 1 is 0.861 bits per heavy atom. The van der Waals surface area contributed by atoms with Gasteiger partial charge in [-0.15, -0.1) is 0 Å². The molecule has 0 atom stereocenters. The van der Waals surface area contributed by atoms with Crippen LogP contribution in [0.2, 0.25) is 5.02 Å². The van der Waals surface area contributed by atoms with Crippen LogP contribution in [0.1, 0.15) is 22.3 Å². The van der Waals surface area contributed by atoms with Crippen molar-refractivity contribution >= 4 is 36.2 Å². The number of hydrogen-bond donors (Lipinski definition) is 0. The molecule has 3 aromatic carbocycles. The maximum Gasteiger partial charge on any atom is 0.416 e. The van der Waals surface area contributed by atoms with Gasteiger partial charge in [-0.2, -0.15) is 26.3 Å². The van der Waals surface area contributed by atoms with Gasteiger partial charge in [-0.05, 0) is 53.6 Å². The molecule has 0 unspecified atom stereocenters. The minimum absolute atomic E-state index is 0.0603. The summed E-state index contributed by atoms with van der Waals surface area (Å²) in [6, 6.07) is 12.5. The van der Waals surface area contributed by atoms with Gasteiger partial charge in [0, 0.05) is 12.4 Å². The van der Waals surface area contributed by atoms with Crippen molar-refractivity contribution in [3.8, 4) is 5.69 Å². The second kappa shape index (κ2) is 9.85. The Morgan fingerprint density at radius 3 is 2.19 bits per heavy atom. The van der Waals surface area contributed by atoms with Gasteiger partial charge in [0.15, 0.2) is 0 Å². The summed E-state index contributed by atoms with van der Waals surface area (Å²) in [6.07, 6.45) is -4.98. The third-order valence-corrected chi connectivity index (χ3v) is 5.49. The van der Waals surface area contributed by atoms with Crippen molar-refractivity contribution in [2.24, 2.45) is 0 Å². The van der Waals surface area contributed by atoms with Crippen LogP contribution in [0, 0.1) is 5.82 Å². The zero-order valence-corrected chi connectivity index (χ0v) is 18.8. The smallest absolute Gasteiger partial charge is 0.310 e. The maximum absolute atomic E-state index is 13.5. The molecule has 4 rings (SSSR count).